The Kier molecular flexibility index (Phi) is 5.80. The number of amides is 1. The zero-order chi connectivity index (χ0) is 18.5. The third-order valence-electron chi connectivity index (χ3n) is 4.16. The molecule has 0 spiro atoms. The molecule has 1 fully saturated rings. The SMILES string of the molecule is COc1cc(N)c(Cl)cc1C(=O)NCc1ccnc(N2CCOCC2)c1. The topological polar surface area (TPSA) is 89.7 Å². The van der Waals surface area contributed by atoms with Crippen molar-refractivity contribution in [2.45, 2.75) is 6.54 Å². The second kappa shape index (κ2) is 8.25. The summed E-state index contributed by atoms with van der Waals surface area (Å²) < 4.78 is 10.6. The molecule has 1 aromatic carbocycles. The van der Waals surface area contributed by atoms with Gasteiger partial charge in [0.25, 0.3) is 5.91 Å². The molecule has 0 unspecified atom stereocenters. The molecule has 1 aliphatic heterocycles. The summed E-state index contributed by atoms with van der Waals surface area (Å²) in [6.45, 7) is 3.37. The molecular weight excluding hydrogens is 356 g/mol. The fraction of sp³-hybridized carbons (Fsp3) is 0.333. The number of pyridine rings is 1. The molecule has 0 bridgehead atoms. The first-order valence-electron chi connectivity index (χ1n) is 8.27. The van der Waals surface area contributed by atoms with Gasteiger partial charge in [-0.05, 0) is 23.8 Å². The van der Waals surface area contributed by atoms with Gasteiger partial charge < -0.3 is 25.4 Å². The van der Waals surface area contributed by atoms with Gasteiger partial charge in [-0.15, -0.1) is 0 Å². The van der Waals surface area contributed by atoms with Crippen molar-refractivity contribution in [2.24, 2.45) is 0 Å². The van der Waals surface area contributed by atoms with Crippen molar-refractivity contribution in [3.63, 3.8) is 0 Å². The Hall–Kier alpha value is -2.51. The van der Waals surface area contributed by atoms with E-state index in [1.807, 2.05) is 12.1 Å². The number of nitrogens with two attached hydrogens (primary N) is 1. The fourth-order valence-electron chi connectivity index (χ4n) is 2.73. The lowest BCUT2D eigenvalue weighted by Crippen LogP contribution is -2.36. The number of anilines is 2. The molecule has 0 radical (unpaired) electrons. The first-order valence-corrected chi connectivity index (χ1v) is 8.65. The zero-order valence-corrected chi connectivity index (χ0v) is 15.3. The van der Waals surface area contributed by atoms with Crippen molar-refractivity contribution in [3.8, 4) is 5.75 Å². The zero-order valence-electron chi connectivity index (χ0n) is 14.5. The number of aromatic nitrogens is 1. The first kappa shape index (κ1) is 18.3. The number of nitrogens with one attached hydrogen (secondary N) is 1. The maximum Gasteiger partial charge on any atom is 0.255 e. The van der Waals surface area contributed by atoms with Gasteiger partial charge in [0.05, 0.1) is 36.6 Å². The summed E-state index contributed by atoms with van der Waals surface area (Å²) in [6.07, 6.45) is 1.74. The van der Waals surface area contributed by atoms with Gasteiger partial charge >= 0.3 is 0 Å². The van der Waals surface area contributed by atoms with Crippen LogP contribution >= 0.6 is 11.6 Å². The average Bonchev–Trinajstić information content (AvgIpc) is 2.68. The molecule has 0 aliphatic carbocycles. The Labute approximate surface area is 157 Å². The number of nitrogens with zero attached hydrogens (tertiary/aromatic N) is 2. The highest BCUT2D eigenvalue weighted by Gasteiger charge is 2.16. The molecule has 8 heteroatoms. The van der Waals surface area contributed by atoms with E-state index in [4.69, 9.17) is 26.8 Å². The van der Waals surface area contributed by atoms with E-state index >= 15 is 0 Å². The van der Waals surface area contributed by atoms with E-state index in [1.165, 1.54) is 13.2 Å². The Balaban J connectivity index is 1.69. The van der Waals surface area contributed by atoms with E-state index in [0.717, 1.165) is 24.5 Å². The van der Waals surface area contributed by atoms with Crippen LogP contribution in [0.1, 0.15) is 15.9 Å². The number of carbonyl (C=O) groups excluding carboxylic acids is 1. The molecule has 0 atom stereocenters. The number of benzene rings is 1. The van der Waals surface area contributed by atoms with Crippen molar-refractivity contribution in [1.82, 2.24) is 10.3 Å². The van der Waals surface area contributed by atoms with Gasteiger partial charge in [-0.3, -0.25) is 4.79 Å². The van der Waals surface area contributed by atoms with E-state index in [0.29, 0.717) is 41.8 Å². The summed E-state index contributed by atoms with van der Waals surface area (Å²) in [5, 5.41) is 3.19. The number of carbonyl (C=O) groups is 1. The summed E-state index contributed by atoms with van der Waals surface area (Å²) in [4.78, 5) is 19.1. The monoisotopic (exact) mass is 376 g/mol. The minimum Gasteiger partial charge on any atom is -0.496 e. The van der Waals surface area contributed by atoms with Gasteiger partial charge in [-0.1, -0.05) is 11.6 Å². The van der Waals surface area contributed by atoms with Crippen LogP contribution in [0.4, 0.5) is 11.5 Å². The molecule has 1 aromatic heterocycles. The number of nitrogen functional groups attached to an aromatic ring is 1. The summed E-state index contributed by atoms with van der Waals surface area (Å²) in [6, 6.07) is 6.90. The Bertz CT molecular complexity index is 794. The van der Waals surface area contributed by atoms with Gasteiger partial charge in [-0.2, -0.15) is 0 Å². The van der Waals surface area contributed by atoms with Gasteiger partial charge in [0, 0.05) is 31.9 Å². The predicted molar refractivity (Wildman–Crippen MR) is 101 cm³/mol. The molecule has 2 aromatic rings. The van der Waals surface area contributed by atoms with Crippen LogP contribution in [0.3, 0.4) is 0 Å². The van der Waals surface area contributed by atoms with Gasteiger partial charge in [0.1, 0.15) is 11.6 Å². The first-order chi connectivity index (χ1) is 12.6. The van der Waals surface area contributed by atoms with Crippen molar-refractivity contribution >= 4 is 29.0 Å². The lowest BCUT2D eigenvalue weighted by molar-refractivity contribution is 0.0948. The molecule has 0 saturated carbocycles. The molecule has 3 N–H and O–H groups in total. The third-order valence-corrected chi connectivity index (χ3v) is 4.49. The maximum absolute atomic E-state index is 12.5. The maximum atomic E-state index is 12.5. The lowest BCUT2D eigenvalue weighted by Gasteiger charge is -2.28. The Morgan fingerprint density at radius 3 is 2.88 bits per heavy atom. The minimum absolute atomic E-state index is 0.284. The van der Waals surface area contributed by atoms with E-state index in [1.54, 1.807) is 12.3 Å². The Morgan fingerprint density at radius 1 is 1.38 bits per heavy atom. The van der Waals surface area contributed by atoms with Crippen LogP contribution in [-0.2, 0) is 11.3 Å². The van der Waals surface area contributed by atoms with Crippen molar-refractivity contribution in [1.29, 1.82) is 0 Å². The second-order valence-electron chi connectivity index (χ2n) is 5.88. The molecule has 7 nitrogen and oxygen atoms in total. The fourth-order valence-corrected chi connectivity index (χ4v) is 2.89. The van der Waals surface area contributed by atoms with Crippen molar-refractivity contribution in [2.75, 3.05) is 44.0 Å². The van der Waals surface area contributed by atoms with Crippen LogP contribution in [0.25, 0.3) is 0 Å². The average molecular weight is 377 g/mol. The van der Waals surface area contributed by atoms with E-state index < -0.39 is 0 Å². The molecule has 1 saturated heterocycles. The van der Waals surface area contributed by atoms with Crippen LogP contribution in [0.5, 0.6) is 5.75 Å². The number of morpholine rings is 1. The number of halogens is 1. The number of ether oxygens (including phenoxy) is 2. The molecule has 2 heterocycles. The van der Waals surface area contributed by atoms with Crippen LogP contribution in [0, 0.1) is 0 Å². The van der Waals surface area contributed by atoms with Crippen LogP contribution in [0.15, 0.2) is 30.5 Å². The van der Waals surface area contributed by atoms with Crippen molar-refractivity contribution in [3.05, 3.63) is 46.6 Å². The number of rotatable bonds is 5. The Morgan fingerprint density at radius 2 is 2.15 bits per heavy atom. The van der Waals surface area contributed by atoms with Crippen molar-refractivity contribution < 1.29 is 14.3 Å². The quantitative estimate of drug-likeness (QED) is 0.777. The van der Waals surface area contributed by atoms with E-state index in [2.05, 4.69) is 15.2 Å². The third kappa shape index (κ3) is 4.17. The minimum atomic E-state index is -0.284. The van der Waals surface area contributed by atoms with Gasteiger partial charge in [0.2, 0.25) is 0 Å². The van der Waals surface area contributed by atoms with Gasteiger partial charge in [-0.25, -0.2) is 4.98 Å². The molecular formula is C18H21ClN4O3. The smallest absolute Gasteiger partial charge is 0.255 e. The highest BCUT2D eigenvalue weighted by molar-refractivity contribution is 6.33. The molecule has 138 valence electrons. The highest BCUT2D eigenvalue weighted by atomic mass is 35.5. The summed E-state index contributed by atoms with van der Waals surface area (Å²) in [5.74, 6) is 0.981. The standard InChI is InChI=1S/C18H21ClN4O3/c1-25-16-10-15(20)14(19)9-13(16)18(24)22-11-12-2-3-21-17(8-12)23-4-6-26-7-5-23/h2-3,8-10H,4-7,11,20H2,1H3,(H,22,24). The predicted octanol–water partition coefficient (Wildman–Crippen LogP) is 2.09. The number of hydrogen-bond acceptors (Lipinski definition) is 6. The summed E-state index contributed by atoms with van der Waals surface area (Å²) in [7, 11) is 1.48. The summed E-state index contributed by atoms with van der Waals surface area (Å²) in [5.41, 5.74) is 7.41. The second-order valence-corrected chi connectivity index (χ2v) is 6.29. The molecule has 26 heavy (non-hydrogen) atoms. The van der Waals surface area contributed by atoms with Crippen LogP contribution in [0.2, 0.25) is 5.02 Å². The van der Waals surface area contributed by atoms with Crippen LogP contribution < -0.4 is 20.7 Å². The van der Waals surface area contributed by atoms with Crippen LogP contribution in [-0.4, -0.2) is 44.3 Å². The molecule has 1 amide bonds. The summed E-state index contributed by atoms with van der Waals surface area (Å²) >= 11 is 6.03. The normalized spacial score (nSPS) is 14.2. The molecule has 1 aliphatic rings. The highest BCUT2D eigenvalue weighted by Crippen LogP contribution is 2.28. The van der Waals surface area contributed by atoms with E-state index in [9.17, 15) is 4.79 Å². The van der Waals surface area contributed by atoms with E-state index in [-0.39, 0.29) is 5.91 Å². The number of hydrogen-bond donors (Lipinski definition) is 2. The van der Waals surface area contributed by atoms with Gasteiger partial charge in [0.15, 0.2) is 0 Å². The molecule has 3 rings (SSSR count). The number of methoxy groups -OCH3 is 1. The lowest BCUT2D eigenvalue weighted by atomic mass is 10.1. The largest absolute Gasteiger partial charge is 0.496 e.